The van der Waals surface area contributed by atoms with E-state index in [1.54, 1.807) is 0 Å². The molecule has 142 valence electrons. The lowest BCUT2D eigenvalue weighted by atomic mass is 9.43. The van der Waals surface area contributed by atoms with Crippen molar-refractivity contribution in [3.05, 3.63) is 0 Å². The van der Waals surface area contributed by atoms with Crippen LogP contribution in [0, 0.1) is 40.4 Å². The summed E-state index contributed by atoms with van der Waals surface area (Å²) in [4.78, 5) is 12.2. The van der Waals surface area contributed by atoms with Gasteiger partial charge in [0, 0.05) is 0 Å². The van der Waals surface area contributed by atoms with E-state index >= 15 is 0 Å². The maximum absolute atomic E-state index is 12.2. The number of fused-ring (bicyclic) bond motifs is 5. The van der Waals surface area contributed by atoms with Gasteiger partial charge in [-0.2, -0.15) is 0 Å². The van der Waals surface area contributed by atoms with Gasteiger partial charge in [0.2, 0.25) is 0 Å². The lowest BCUT2D eigenvalue weighted by Gasteiger charge is -2.62. The molecule has 0 aliphatic heterocycles. The van der Waals surface area contributed by atoms with Gasteiger partial charge in [0.25, 0.3) is 0 Å². The standard InChI is InChI=1S/C21H34O4/c1-20-8-4-5-15(20)13-7-6-12-9-16(22)14(19(24)25-3)10-21(12,2)18(13)17(23)11-20/h12-18,22-23H,4-11H2,1-3H3/t12?,13-,14?,15-,16?,17?,18-,20-,21-/m0/s1. The maximum Gasteiger partial charge on any atom is 0.311 e. The van der Waals surface area contributed by atoms with Crippen molar-refractivity contribution in [2.24, 2.45) is 40.4 Å². The van der Waals surface area contributed by atoms with Crippen molar-refractivity contribution in [1.29, 1.82) is 0 Å². The molecule has 9 atom stereocenters. The molecule has 0 spiro atoms. The quantitative estimate of drug-likeness (QED) is 0.713. The number of hydrogen-bond acceptors (Lipinski definition) is 4. The van der Waals surface area contributed by atoms with Gasteiger partial charge in [0.05, 0.1) is 25.2 Å². The molecule has 0 aromatic rings. The van der Waals surface area contributed by atoms with Crippen molar-refractivity contribution in [3.63, 3.8) is 0 Å². The van der Waals surface area contributed by atoms with Crippen LogP contribution in [0.4, 0.5) is 0 Å². The molecule has 0 aromatic heterocycles. The number of methoxy groups -OCH3 is 1. The summed E-state index contributed by atoms with van der Waals surface area (Å²) >= 11 is 0. The monoisotopic (exact) mass is 350 g/mol. The fraction of sp³-hybridized carbons (Fsp3) is 0.952. The molecule has 4 aliphatic rings. The molecule has 4 rings (SSSR count). The summed E-state index contributed by atoms with van der Waals surface area (Å²) in [5.74, 6) is 1.25. The van der Waals surface area contributed by atoms with Gasteiger partial charge in [-0.05, 0) is 79.4 Å². The first-order valence-corrected chi connectivity index (χ1v) is 10.2. The molecule has 4 nitrogen and oxygen atoms in total. The molecule has 0 bridgehead atoms. The first-order chi connectivity index (χ1) is 11.8. The highest BCUT2D eigenvalue weighted by Crippen LogP contribution is 2.66. The summed E-state index contributed by atoms with van der Waals surface area (Å²) in [6, 6.07) is 0. The van der Waals surface area contributed by atoms with Gasteiger partial charge in [-0.3, -0.25) is 4.79 Å². The van der Waals surface area contributed by atoms with E-state index in [2.05, 4.69) is 13.8 Å². The second-order valence-corrected chi connectivity index (χ2v) is 10.0. The lowest BCUT2D eigenvalue weighted by Crippen LogP contribution is -2.60. The first-order valence-electron chi connectivity index (χ1n) is 10.2. The Morgan fingerprint density at radius 3 is 2.56 bits per heavy atom. The Balaban J connectivity index is 1.67. The first kappa shape index (κ1) is 17.8. The van der Waals surface area contributed by atoms with E-state index in [-0.39, 0.29) is 23.4 Å². The fourth-order valence-corrected chi connectivity index (χ4v) is 7.84. The molecule has 0 amide bonds. The van der Waals surface area contributed by atoms with E-state index in [0.29, 0.717) is 30.1 Å². The zero-order valence-corrected chi connectivity index (χ0v) is 15.9. The highest BCUT2D eigenvalue weighted by molar-refractivity contribution is 5.73. The molecule has 0 heterocycles. The lowest BCUT2D eigenvalue weighted by molar-refractivity contribution is -0.191. The molecule has 4 aliphatic carbocycles. The summed E-state index contributed by atoms with van der Waals surface area (Å²) in [5, 5.41) is 21.7. The Labute approximate surface area is 151 Å². The van der Waals surface area contributed by atoms with E-state index in [9.17, 15) is 15.0 Å². The predicted octanol–water partition coefficient (Wildman–Crippen LogP) is 3.15. The molecule has 4 unspecified atom stereocenters. The number of aliphatic hydroxyl groups is 2. The molecule has 4 fully saturated rings. The average molecular weight is 350 g/mol. The van der Waals surface area contributed by atoms with Gasteiger partial charge < -0.3 is 14.9 Å². The normalized spacial score (nSPS) is 55.0. The molecule has 4 saturated carbocycles. The number of esters is 1. The average Bonchev–Trinajstić information content (AvgIpc) is 2.94. The van der Waals surface area contributed by atoms with Crippen molar-refractivity contribution in [2.45, 2.75) is 77.4 Å². The number of ether oxygens (including phenoxy) is 1. The number of aliphatic hydroxyl groups excluding tert-OH is 2. The number of carbonyl (C=O) groups is 1. The number of rotatable bonds is 1. The van der Waals surface area contributed by atoms with Gasteiger partial charge in [0.15, 0.2) is 0 Å². The van der Waals surface area contributed by atoms with Gasteiger partial charge in [-0.1, -0.05) is 20.3 Å². The molecular weight excluding hydrogens is 316 g/mol. The highest BCUT2D eigenvalue weighted by Gasteiger charge is 2.62. The minimum atomic E-state index is -0.598. The third-order valence-corrected chi connectivity index (χ3v) is 8.92. The van der Waals surface area contributed by atoms with Crippen molar-refractivity contribution in [3.8, 4) is 0 Å². The van der Waals surface area contributed by atoms with Crippen LogP contribution in [0.5, 0.6) is 0 Å². The van der Waals surface area contributed by atoms with Crippen LogP contribution < -0.4 is 0 Å². The topological polar surface area (TPSA) is 66.8 Å². The summed E-state index contributed by atoms with van der Waals surface area (Å²) in [5.41, 5.74) is 0.240. The van der Waals surface area contributed by atoms with Gasteiger partial charge in [-0.25, -0.2) is 0 Å². The second-order valence-electron chi connectivity index (χ2n) is 10.0. The SMILES string of the molecule is COC(=O)C1C[C@@]2(C)C(CC[C@@H]3[C@H]2C(O)C[C@]2(C)CCC[C@@H]32)CC1O. The second kappa shape index (κ2) is 5.95. The van der Waals surface area contributed by atoms with E-state index < -0.39 is 12.0 Å². The Kier molecular flexibility index (Phi) is 4.23. The van der Waals surface area contributed by atoms with Crippen molar-refractivity contribution in [1.82, 2.24) is 0 Å². The minimum Gasteiger partial charge on any atom is -0.469 e. The third-order valence-electron chi connectivity index (χ3n) is 8.92. The van der Waals surface area contributed by atoms with Crippen LogP contribution in [0.2, 0.25) is 0 Å². The highest BCUT2D eigenvalue weighted by atomic mass is 16.5. The van der Waals surface area contributed by atoms with Crippen LogP contribution in [0.15, 0.2) is 0 Å². The van der Waals surface area contributed by atoms with Crippen LogP contribution >= 0.6 is 0 Å². The molecule has 25 heavy (non-hydrogen) atoms. The fourth-order valence-electron chi connectivity index (χ4n) is 7.84. The molecule has 4 heteroatoms. The Hall–Kier alpha value is -0.610. The third kappa shape index (κ3) is 2.50. The largest absolute Gasteiger partial charge is 0.469 e. The molecule has 0 aromatic carbocycles. The minimum absolute atomic E-state index is 0.0651. The molecule has 2 N–H and O–H groups in total. The van der Waals surface area contributed by atoms with Crippen molar-refractivity contribution in [2.75, 3.05) is 7.11 Å². The van der Waals surface area contributed by atoms with E-state index in [4.69, 9.17) is 4.74 Å². The van der Waals surface area contributed by atoms with Crippen LogP contribution in [-0.4, -0.2) is 35.5 Å². The van der Waals surface area contributed by atoms with E-state index in [0.717, 1.165) is 18.8 Å². The Morgan fingerprint density at radius 1 is 1.08 bits per heavy atom. The molecule has 0 radical (unpaired) electrons. The molecule has 0 saturated heterocycles. The van der Waals surface area contributed by atoms with Crippen LogP contribution in [0.3, 0.4) is 0 Å². The van der Waals surface area contributed by atoms with Crippen LogP contribution in [0.25, 0.3) is 0 Å². The van der Waals surface area contributed by atoms with Gasteiger partial charge in [0.1, 0.15) is 0 Å². The van der Waals surface area contributed by atoms with Crippen molar-refractivity contribution >= 4 is 5.97 Å². The summed E-state index contributed by atoms with van der Waals surface area (Å²) in [6.07, 6.45) is 7.52. The van der Waals surface area contributed by atoms with E-state index in [1.807, 2.05) is 0 Å². The summed E-state index contributed by atoms with van der Waals surface area (Å²) in [6.45, 7) is 4.68. The predicted molar refractivity (Wildman–Crippen MR) is 94.6 cm³/mol. The number of carbonyl (C=O) groups excluding carboxylic acids is 1. The maximum atomic E-state index is 12.2. The van der Waals surface area contributed by atoms with Crippen molar-refractivity contribution < 1.29 is 19.7 Å². The summed E-state index contributed by atoms with van der Waals surface area (Å²) < 4.78 is 4.97. The van der Waals surface area contributed by atoms with Crippen LogP contribution in [-0.2, 0) is 9.53 Å². The number of hydrogen-bond donors (Lipinski definition) is 2. The molecular formula is C21H34O4. The zero-order valence-electron chi connectivity index (χ0n) is 15.9. The Bertz CT molecular complexity index is 548. The van der Waals surface area contributed by atoms with Crippen LogP contribution in [0.1, 0.15) is 65.2 Å². The summed E-state index contributed by atoms with van der Waals surface area (Å²) in [7, 11) is 1.41. The van der Waals surface area contributed by atoms with E-state index in [1.165, 1.54) is 32.8 Å². The zero-order chi connectivity index (χ0) is 18.0. The van der Waals surface area contributed by atoms with Gasteiger partial charge in [-0.15, -0.1) is 0 Å². The smallest absolute Gasteiger partial charge is 0.311 e. The Morgan fingerprint density at radius 2 is 1.84 bits per heavy atom. The van der Waals surface area contributed by atoms with Gasteiger partial charge >= 0.3 is 5.97 Å².